The van der Waals surface area contributed by atoms with Crippen molar-refractivity contribution >= 4 is 5.91 Å². The maximum absolute atomic E-state index is 11.7. The van der Waals surface area contributed by atoms with E-state index in [2.05, 4.69) is 10.3 Å². The fraction of sp³-hybridized carbons (Fsp3) is 0.667. The molecule has 0 atom stereocenters. The molecule has 94 valence electrons. The molecule has 0 aromatic carbocycles. The summed E-state index contributed by atoms with van der Waals surface area (Å²) in [7, 11) is 0. The van der Waals surface area contributed by atoms with E-state index in [1.54, 1.807) is 12.5 Å². The average Bonchev–Trinajstić information content (AvgIpc) is 2.83. The Bertz CT molecular complexity index is 343. The van der Waals surface area contributed by atoms with Crippen LogP contribution in [-0.2, 0) is 11.3 Å². The molecule has 0 radical (unpaired) electrons. The van der Waals surface area contributed by atoms with Crippen molar-refractivity contribution in [2.24, 2.45) is 0 Å². The van der Waals surface area contributed by atoms with E-state index >= 15 is 0 Å². The van der Waals surface area contributed by atoms with Crippen molar-refractivity contribution in [2.75, 3.05) is 0 Å². The summed E-state index contributed by atoms with van der Waals surface area (Å²) < 4.78 is 1.89. The van der Waals surface area contributed by atoms with Crippen LogP contribution in [0.25, 0.3) is 0 Å². The van der Waals surface area contributed by atoms with Crippen LogP contribution < -0.4 is 5.32 Å². The molecular formula is C12H19N3O2. The van der Waals surface area contributed by atoms with Gasteiger partial charge in [-0.1, -0.05) is 0 Å². The van der Waals surface area contributed by atoms with E-state index in [-0.39, 0.29) is 18.1 Å². The van der Waals surface area contributed by atoms with Crippen LogP contribution in [-0.4, -0.2) is 32.7 Å². The van der Waals surface area contributed by atoms with E-state index in [1.165, 1.54) is 0 Å². The van der Waals surface area contributed by atoms with Gasteiger partial charge in [0.25, 0.3) is 0 Å². The Hall–Kier alpha value is -1.36. The van der Waals surface area contributed by atoms with Gasteiger partial charge in [0.2, 0.25) is 5.91 Å². The van der Waals surface area contributed by atoms with Gasteiger partial charge in [0, 0.05) is 31.4 Å². The minimum atomic E-state index is -0.172. The number of amides is 1. The van der Waals surface area contributed by atoms with Gasteiger partial charge in [0.15, 0.2) is 0 Å². The van der Waals surface area contributed by atoms with Gasteiger partial charge in [-0.2, -0.15) is 0 Å². The van der Waals surface area contributed by atoms with Gasteiger partial charge >= 0.3 is 0 Å². The van der Waals surface area contributed by atoms with E-state index in [0.717, 1.165) is 25.7 Å². The summed E-state index contributed by atoms with van der Waals surface area (Å²) in [5, 5.41) is 12.4. The number of carbonyl (C=O) groups is 1. The first-order valence-corrected chi connectivity index (χ1v) is 6.17. The third-order valence-electron chi connectivity index (χ3n) is 3.22. The highest BCUT2D eigenvalue weighted by Gasteiger charge is 2.20. The van der Waals surface area contributed by atoms with Crippen LogP contribution in [0.5, 0.6) is 0 Å². The summed E-state index contributed by atoms with van der Waals surface area (Å²) in [6, 6.07) is 0.244. The second kappa shape index (κ2) is 5.82. The van der Waals surface area contributed by atoms with E-state index in [4.69, 9.17) is 0 Å². The lowest BCUT2D eigenvalue weighted by Gasteiger charge is -2.26. The molecule has 17 heavy (non-hydrogen) atoms. The first kappa shape index (κ1) is 12.1. The number of aryl methyl sites for hydroxylation is 1. The minimum absolute atomic E-state index is 0.0834. The molecule has 5 heteroatoms. The molecule has 1 aromatic heterocycles. The Morgan fingerprint density at radius 1 is 1.41 bits per heavy atom. The predicted molar refractivity (Wildman–Crippen MR) is 63.2 cm³/mol. The van der Waals surface area contributed by atoms with Crippen molar-refractivity contribution in [3.8, 4) is 0 Å². The van der Waals surface area contributed by atoms with Crippen LogP contribution in [0.15, 0.2) is 18.7 Å². The minimum Gasteiger partial charge on any atom is -0.393 e. The normalized spacial score (nSPS) is 24.5. The molecule has 1 heterocycles. The highest BCUT2D eigenvalue weighted by molar-refractivity contribution is 5.76. The van der Waals surface area contributed by atoms with Crippen LogP contribution in [0.1, 0.15) is 32.1 Å². The van der Waals surface area contributed by atoms with Crippen molar-refractivity contribution in [3.05, 3.63) is 18.7 Å². The van der Waals surface area contributed by atoms with Crippen molar-refractivity contribution in [1.29, 1.82) is 0 Å². The molecule has 1 aliphatic carbocycles. The highest BCUT2D eigenvalue weighted by atomic mass is 16.3. The smallest absolute Gasteiger partial charge is 0.222 e. The van der Waals surface area contributed by atoms with Gasteiger partial charge in [0.1, 0.15) is 0 Å². The Labute approximate surface area is 101 Å². The summed E-state index contributed by atoms with van der Waals surface area (Å²) in [6.45, 7) is 0.668. The number of imidazole rings is 1. The van der Waals surface area contributed by atoms with Gasteiger partial charge in [0.05, 0.1) is 12.4 Å². The second-order valence-electron chi connectivity index (χ2n) is 4.62. The predicted octanol–water partition coefficient (Wildman–Crippen LogP) is 0.693. The van der Waals surface area contributed by atoms with Crippen molar-refractivity contribution in [2.45, 2.75) is 50.8 Å². The van der Waals surface area contributed by atoms with Crippen LogP contribution >= 0.6 is 0 Å². The molecule has 1 amide bonds. The lowest BCUT2D eigenvalue weighted by atomic mass is 9.93. The first-order chi connectivity index (χ1) is 8.24. The van der Waals surface area contributed by atoms with Gasteiger partial charge in [-0.05, 0) is 25.7 Å². The monoisotopic (exact) mass is 237 g/mol. The number of aliphatic hydroxyl groups excluding tert-OH is 1. The fourth-order valence-corrected chi connectivity index (χ4v) is 2.17. The Kier molecular flexibility index (Phi) is 4.14. The molecule has 1 aromatic rings. The van der Waals surface area contributed by atoms with Gasteiger partial charge in [-0.25, -0.2) is 4.98 Å². The maximum Gasteiger partial charge on any atom is 0.222 e. The molecular weight excluding hydrogens is 218 g/mol. The standard InChI is InChI=1S/C12H19N3O2/c16-11-3-1-10(2-4-11)14-12(17)5-7-15-8-6-13-9-15/h6,8-11,16H,1-5,7H2,(H,14,17). The molecule has 0 bridgehead atoms. The van der Waals surface area contributed by atoms with E-state index < -0.39 is 0 Å². The topological polar surface area (TPSA) is 67.2 Å². The average molecular weight is 237 g/mol. The summed E-state index contributed by atoms with van der Waals surface area (Å²) in [4.78, 5) is 15.6. The molecule has 0 saturated heterocycles. The summed E-state index contributed by atoms with van der Waals surface area (Å²) in [5.74, 6) is 0.0834. The first-order valence-electron chi connectivity index (χ1n) is 6.17. The SMILES string of the molecule is O=C(CCn1ccnc1)NC1CCC(O)CC1. The lowest BCUT2D eigenvalue weighted by molar-refractivity contribution is -0.122. The van der Waals surface area contributed by atoms with E-state index in [9.17, 15) is 9.90 Å². The third-order valence-corrected chi connectivity index (χ3v) is 3.22. The number of aliphatic hydroxyl groups is 1. The molecule has 2 N–H and O–H groups in total. The number of rotatable bonds is 4. The maximum atomic E-state index is 11.7. The lowest BCUT2D eigenvalue weighted by Crippen LogP contribution is -2.38. The zero-order valence-corrected chi connectivity index (χ0v) is 9.88. The van der Waals surface area contributed by atoms with Crippen LogP contribution in [0.3, 0.4) is 0 Å². The number of nitrogens with one attached hydrogen (secondary N) is 1. The van der Waals surface area contributed by atoms with E-state index in [0.29, 0.717) is 13.0 Å². The number of hydrogen-bond acceptors (Lipinski definition) is 3. The summed E-state index contributed by atoms with van der Waals surface area (Å²) >= 11 is 0. The van der Waals surface area contributed by atoms with Gasteiger partial charge in [-0.3, -0.25) is 4.79 Å². The molecule has 0 unspecified atom stereocenters. The number of aromatic nitrogens is 2. The second-order valence-corrected chi connectivity index (χ2v) is 4.62. The van der Waals surface area contributed by atoms with E-state index in [1.807, 2.05) is 10.8 Å². The Morgan fingerprint density at radius 2 is 2.18 bits per heavy atom. The number of hydrogen-bond donors (Lipinski definition) is 2. The molecule has 5 nitrogen and oxygen atoms in total. The van der Waals surface area contributed by atoms with Crippen LogP contribution in [0.4, 0.5) is 0 Å². The summed E-state index contributed by atoms with van der Waals surface area (Å²) in [5.41, 5.74) is 0. The molecule has 0 aliphatic heterocycles. The third kappa shape index (κ3) is 3.85. The Balaban J connectivity index is 1.67. The number of nitrogens with zero attached hydrogens (tertiary/aromatic N) is 2. The Morgan fingerprint density at radius 3 is 2.82 bits per heavy atom. The molecule has 1 saturated carbocycles. The van der Waals surface area contributed by atoms with Crippen LogP contribution in [0, 0.1) is 0 Å². The zero-order valence-electron chi connectivity index (χ0n) is 9.88. The quantitative estimate of drug-likeness (QED) is 0.809. The van der Waals surface area contributed by atoms with Gasteiger partial charge in [-0.15, -0.1) is 0 Å². The van der Waals surface area contributed by atoms with Crippen molar-refractivity contribution in [1.82, 2.24) is 14.9 Å². The zero-order chi connectivity index (χ0) is 12.1. The molecule has 2 rings (SSSR count). The molecule has 1 fully saturated rings. The van der Waals surface area contributed by atoms with Crippen molar-refractivity contribution in [3.63, 3.8) is 0 Å². The molecule has 1 aliphatic rings. The largest absolute Gasteiger partial charge is 0.393 e. The van der Waals surface area contributed by atoms with Crippen molar-refractivity contribution < 1.29 is 9.90 Å². The number of carbonyl (C=O) groups excluding carboxylic acids is 1. The molecule has 0 spiro atoms. The van der Waals surface area contributed by atoms with Crippen LogP contribution in [0.2, 0.25) is 0 Å². The van der Waals surface area contributed by atoms with Gasteiger partial charge < -0.3 is 15.0 Å². The summed E-state index contributed by atoms with van der Waals surface area (Å²) in [6.07, 6.45) is 8.95. The highest BCUT2D eigenvalue weighted by Crippen LogP contribution is 2.18. The fourth-order valence-electron chi connectivity index (χ4n) is 2.17.